The highest BCUT2D eigenvalue weighted by molar-refractivity contribution is 7.12. The minimum absolute atomic E-state index is 0.201. The van der Waals surface area contributed by atoms with E-state index in [1.54, 1.807) is 5.56 Å². The summed E-state index contributed by atoms with van der Waals surface area (Å²) in [5.41, 5.74) is 1.76. The number of rotatable bonds is 4. The van der Waals surface area contributed by atoms with Gasteiger partial charge in [-0.25, -0.2) is 0 Å². The van der Waals surface area contributed by atoms with Gasteiger partial charge in [-0.3, -0.25) is 4.90 Å². The molecule has 3 heteroatoms. The van der Waals surface area contributed by atoms with Crippen LogP contribution in [0.2, 0.25) is 0 Å². The zero-order valence-electron chi connectivity index (χ0n) is 13.3. The maximum Gasteiger partial charge on any atom is 0.0304 e. The zero-order chi connectivity index (χ0) is 14.3. The molecular formula is C17H28N2S. The molecular weight excluding hydrogens is 264 g/mol. The lowest BCUT2D eigenvalue weighted by molar-refractivity contribution is 0.205. The Hall–Kier alpha value is -0.380. The SMILES string of the molecule is Cc1sc(CNC(C)(C)C)cc1CN1CC2CCC1C2. The summed E-state index contributed by atoms with van der Waals surface area (Å²) in [6.07, 6.45) is 4.37. The highest BCUT2D eigenvalue weighted by Gasteiger charge is 2.37. The second-order valence-electron chi connectivity index (χ2n) is 7.66. The van der Waals surface area contributed by atoms with E-state index in [2.05, 4.69) is 44.0 Å². The number of nitrogens with one attached hydrogen (secondary N) is 1. The van der Waals surface area contributed by atoms with Gasteiger partial charge in [0, 0.05) is 41.0 Å². The molecule has 20 heavy (non-hydrogen) atoms. The predicted octanol–water partition coefficient (Wildman–Crippen LogP) is 3.93. The Morgan fingerprint density at radius 2 is 2.15 bits per heavy atom. The average Bonchev–Trinajstić information content (AvgIpc) is 3.03. The molecule has 1 saturated heterocycles. The second-order valence-corrected chi connectivity index (χ2v) is 9.00. The van der Waals surface area contributed by atoms with E-state index in [1.165, 1.54) is 42.1 Å². The molecule has 1 aliphatic carbocycles. The molecule has 2 nitrogen and oxygen atoms in total. The van der Waals surface area contributed by atoms with Crippen molar-refractivity contribution in [1.29, 1.82) is 0 Å². The summed E-state index contributed by atoms with van der Waals surface area (Å²) in [6.45, 7) is 12.5. The second kappa shape index (κ2) is 5.43. The summed E-state index contributed by atoms with van der Waals surface area (Å²) in [5, 5.41) is 3.60. The van der Waals surface area contributed by atoms with Crippen LogP contribution in [-0.4, -0.2) is 23.0 Å². The third kappa shape index (κ3) is 3.26. The third-order valence-electron chi connectivity index (χ3n) is 4.76. The molecule has 0 amide bonds. The molecule has 1 aromatic rings. The fourth-order valence-electron chi connectivity index (χ4n) is 3.62. The number of nitrogens with zero attached hydrogens (tertiary/aromatic N) is 1. The van der Waals surface area contributed by atoms with Crippen LogP contribution in [0, 0.1) is 12.8 Å². The van der Waals surface area contributed by atoms with Gasteiger partial charge in [0.1, 0.15) is 0 Å². The molecule has 2 aliphatic rings. The van der Waals surface area contributed by atoms with Crippen LogP contribution in [0.4, 0.5) is 0 Å². The number of hydrogen-bond donors (Lipinski definition) is 1. The van der Waals surface area contributed by atoms with Crippen molar-refractivity contribution in [1.82, 2.24) is 10.2 Å². The summed E-state index contributed by atoms with van der Waals surface area (Å²) in [7, 11) is 0. The van der Waals surface area contributed by atoms with Gasteiger partial charge in [0.2, 0.25) is 0 Å². The summed E-state index contributed by atoms with van der Waals surface area (Å²) in [4.78, 5) is 5.72. The molecule has 3 rings (SSSR count). The average molecular weight is 292 g/mol. The van der Waals surface area contributed by atoms with Crippen molar-refractivity contribution in [3.63, 3.8) is 0 Å². The quantitative estimate of drug-likeness (QED) is 0.904. The molecule has 1 N–H and O–H groups in total. The lowest BCUT2D eigenvalue weighted by Gasteiger charge is -2.26. The monoisotopic (exact) mass is 292 g/mol. The molecule has 0 radical (unpaired) electrons. The Bertz CT molecular complexity index is 472. The standard InChI is InChI=1S/C17H28N2S/c1-12-14(8-16(20-12)9-18-17(2,3)4)11-19-10-13-5-6-15(19)7-13/h8,13,15,18H,5-7,9-11H2,1-4H3. The number of aryl methyl sites for hydroxylation is 1. The van der Waals surface area contributed by atoms with E-state index in [-0.39, 0.29) is 5.54 Å². The van der Waals surface area contributed by atoms with E-state index in [9.17, 15) is 0 Å². The molecule has 1 saturated carbocycles. The number of likely N-dealkylation sites (tertiary alicyclic amines) is 1. The van der Waals surface area contributed by atoms with Crippen molar-refractivity contribution in [2.24, 2.45) is 5.92 Å². The minimum atomic E-state index is 0.201. The van der Waals surface area contributed by atoms with Gasteiger partial charge in [-0.15, -0.1) is 11.3 Å². The van der Waals surface area contributed by atoms with Gasteiger partial charge in [0.05, 0.1) is 0 Å². The van der Waals surface area contributed by atoms with E-state index in [0.29, 0.717) is 0 Å². The predicted molar refractivity (Wildman–Crippen MR) is 87.2 cm³/mol. The van der Waals surface area contributed by atoms with Crippen molar-refractivity contribution in [2.75, 3.05) is 6.54 Å². The molecule has 0 spiro atoms. The van der Waals surface area contributed by atoms with Crippen LogP contribution in [0.5, 0.6) is 0 Å². The van der Waals surface area contributed by atoms with Gasteiger partial charge in [-0.05, 0) is 64.5 Å². The van der Waals surface area contributed by atoms with E-state index in [0.717, 1.165) is 18.5 Å². The molecule has 2 unspecified atom stereocenters. The molecule has 1 aromatic heterocycles. The third-order valence-corrected chi connectivity index (χ3v) is 5.85. The molecule has 1 aliphatic heterocycles. The highest BCUT2D eigenvalue weighted by Crippen LogP contribution is 2.38. The van der Waals surface area contributed by atoms with Crippen LogP contribution in [0.15, 0.2) is 6.07 Å². The summed E-state index contributed by atoms with van der Waals surface area (Å²) in [6, 6.07) is 3.32. The highest BCUT2D eigenvalue weighted by atomic mass is 32.1. The first-order chi connectivity index (χ1) is 9.40. The smallest absolute Gasteiger partial charge is 0.0304 e. The van der Waals surface area contributed by atoms with E-state index < -0.39 is 0 Å². The Morgan fingerprint density at radius 3 is 2.75 bits per heavy atom. The number of hydrogen-bond acceptors (Lipinski definition) is 3. The Balaban J connectivity index is 1.61. The topological polar surface area (TPSA) is 15.3 Å². The van der Waals surface area contributed by atoms with E-state index in [1.807, 2.05) is 11.3 Å². The van der Waals surface area contributed by atoms with Crippen molar-refractivity contribution in [2.45, 2.75) is 71.6 Å². The largest absolute Gasteiger partial charge is 0.307 e. The van der Waals surface area contributed by atoms with Crippen LogP contribution in [0.3, 0.4) is 0 Å². The van der Waals surface area contributed by atoms with Gasteiger partial charge in [0.25, 0.3) is 0 Å². The van der Waals surface area contributed by atoms with E-state index in [4.69, 9.17) is 0 Å². The van der Waals surface area contributed by atoms with Crippen molar-refractivity contribution >= 4 is 11.3 Å². The Labute approximate surface area is 127 Å². The lowest BCUT2D eigenvalue weighted by atomic mass is 10.1. The van der Waals surface area contributed by atoms with Crippen LogP contribution in [0.25, 0.3) is 0 Å². The van der Waals surface area contributed by atoms with Crippen LogP contribution < -0.4 is 5.32 Å². The van der Waals surface area contributed by atoms with Crippen LogP contribution in [0.1, 0.15) is 55.4 Å². The maximum atomic E-state index is 3.60. The molecule has 2 heterocycles. The fraction of sp³-hybridized carbons (Fsp3) is 0.765. The maximum absolute atomic E-state index is 3.60. The normalized spacial score (nSPS) is 26.6. The molecule has 2 bridgehead atoms. The van der Waals surface area contributed by atoms with Gasteiger partial charge in [0.15, 0.2) is 0 Å². The fourth-order valence-corrected chi connectivity index (χ4v) is 4.62. The molecule has 2 atom stereocenters. The van der Waals surface area contributed by atoms with Crippen LogP contribution in [-0.2, 0) is 13.1 Å². The van der Waals surface area contributed by atoms with E-state index >= 15 is 0 Å². The zero-order valence-corrected chi connectivity index (χ0v) is 14.1. The van der Waals surface area contributed by atoms with Crippen LogP contribution >= 0.6 is 11.3 Å². The summed E-state index contributed by atoms with van der Waals surface area (Å²) >= 11 is 1.97. The van der Waals surface area contributed by atoms with Crippen molar-refractivity contribution in [3.05, 3.63) is 21.4 Å². The van der Waals surface area contributed by atoms with Gasteiger partial charge in [-0.1, -0.05) is 0 Å². The molecule has 2 fully saturated rings. The first kappa shape index (κ1) is 14.6. The van der Waals surface area contributed by atoms with Gasteiger partial charge >= 0.3 is 0 Å². The lowest BCUT2D eigenvalue weighted by Crippen LogP contribution is -2.34. The summed E-state index contributed by atoms with van der Waals surface area (Å²) in [5.74, 6) is 1.00. The van der Waals surface area contributed by atoms with Crippen molar-refractivity contribution < 1.29 is 0 Å². The Morgan fingerprint density at radius 1 is 1.35 bits per heavy atom. The number of piperidine rings is 1. The first-order valence-electron chi connectivity index (χ1n) is 7.98. The molecule has 0 aromatic carbocycles. The Kier molecular flexibility index (Phi) is 3.95. The first-order valence-corrected chi connectivity index (χ1v) is 8.79. The number of thiophene rings is 1. The van der Waals surface area contributed by atoms with Gasteiger partial charge in [-0.2, -0.15) is 0 Å². The molecule has 112 valence electrons. The van der Waals surface area contributed by atoms with Crippen molar-refractivity contribution in [3.8, 4) is 0 Å². The number of fused-ring (bicyclic) bond motifs is 2. The summed E-state index contributed by atoms with van der Waals surface area (Å²) < 4.78 is 0. The van der Waals surface area contributed by atoms with Gasteiger partial charge < -0.3 is 5.32 Å². The minimum Gasteiger partial charge on any atom is -0.307 e.